The van der Waals surface area contributed by atoms with Gasteiger partial charge in [0.05, 0.1) is 11.0 Å². The molecule has 0 fully saturated rings. The molecule has 4 heteroatoms. The molecule has 0 N–H and O–H groups in total. The van der Waals surface area contributed by atoms with Gasteiger partial charge < -0.3 is 9.30 Å². The van der Waals surface area contributed by atoms with E-state index in [2.05, 4.69) is 34.9 Å². The lowest BCUT2D eigenvalue weighted by atomic mass is 10.1. The predicted octanol–water partition coefficient (Wildman–Crippen LogP) is 6.47. The van der Waals surface area contributed by atoms with Crippen LogP contribution in [0.15, 0.2) is 91.0 Å². The molecule has 0 saturated carbocycles. The van der Waals surface area contributed by atoms with Crippen LogP contribution in [0.4, 0.5) is 0 Å². The number of benzene rings is 4. The van der Waals surface area contributed by atoms with Crippen LogP contribution in [-0.2, 0) is 13.2 Å². The van der Waals surface area contributed by atoms with Crippen molar-refractivity contribution in [1.29, 1.82) is 0 Å². The topological polar surface area (TPSA) is 27.1 Å². The summed E-state index contributed by atoms with van der Waals surface area (Å²) in [6, 6.07) is 30.6. The first-order valence-electron chi connectivity index (χ1n) is 9.56. The van der Waals surface area contributed by atoms with Crippen molar-refractivity contribution < 1.29 is 4.74 Å². The molecule has 0 atom stereocenters. The van der Waals surface area contributed by atoms with Gasteiger partial charge in [-0.15, -0.1) is 0 Å². The minimum atomic E-state index is 0.403. The highest BCUT2D eigenvalue weighted by Crippen LogP contribution is 2.23. The molecule has 1 aromatic heterocycles. The van der Waals surface area contributed by atoms with E-state index in [1.165, 1.54) is 16.3 Å². The third kappa shape index (κ3) is 3.69. The van der Waals surface area contributed by atoms with Crippen LogP contribution >= 0.6 is 11.6 Å². The second kappa shape index (κ2) is 7.61. The molecule has 0 aliphatic rings. The van der Waals surface area contributed by atoms with Gasteiger partial charge in [0, 0.05) is 11.6 Å². The van der Waals surface area contributed by atoms with Crippen LogP contribution < -0.4 is 4.74 Å². The molecule has 0 bridgehead atoms. The second-order valence-corrected chi connectivity index (χ2v) is 7.46. The molecule has 0 unspecified atom stereocenters. The van der Waals surface area contributed by atoms with E-state index in [1.807, 2.05) is 60.7 Å². The number of halogens is 1. The Kier molecular flexibility index (Phi) is 4.66. The maximum Gasteiger partial charge on any atom is 0.148 e. The zero-order valence-electron chi connectivity index (χ0n) is 15.8. The zero-order chi connectivity index (χ0) is 19.6. The predicted molar refractivity (Wildman–Crippen MR) is 119 cm³/mol. The molecule has 0 amide bonds. The van der Waals surface area contributed by atoms with Gasteiger partial charge in [-0.2, -0.15) is 0 Å². The van der Waals surface area contributed by atoms with Crippen LogP contribution in [0.2, 0.25) is 5.02 Å². The molecule has 29 heavy (non-hydrogen) atoms. The van der Waals surface area contributed by atoms with Gasteiger partial charge in [-0.05, 0) is 52.7 Å². The smallest absolute Gasteiger partial charge is 0.148 e. The molecule has 5 rings (SSSR count). The van der Waals surface area contributed by atoms with E-state index in [0.717, 1.165) is 27.6 Å². The Hall–Kier alpha value is -3.30. The van der Waals surface area contributed by atoms with Crippen molar-refractivity contribution in [3.63, 3.8) is 0 Å². The highest BCUT2D eigenvalue weighted by atomic mass is 35.5. The van der Waals surface area contributed by atoms with Gasteiger partial charge in [0.15, 0.2) is 0 Å². The molecular formula is C25H19ClN2O. The lowest BCUT2D eigenvalue weighted by Gasteiger charge is -2.11. The van der Waals surface area contributed by atoms with E-state index >= 15 is 0 Å². The first-order valence-corrected chi connectivity index (χ1v) is 9.94. The van der Waals surface area contributed by atoms with Crippen molar-refractivity contribution in [2.75, 3.05) is 0 Å². The average molecular weight is 399 g/mol. The van der Waals surface area contributed by atoms with Gasteiger partial charge in [-0.1, -0.05) is 66.2 Å². The van der Waals surface area contributed by atoms with Crippen LogP contribution in [0.3, 0.4) is 0 Å². The van der Waals surface area contributed by atoms with Gasteiger partial charge in [0.1, 0.15) is 18.2 Å². The largest absolute Gasteiger partial charge is 0.486 e. The van der Waals surface area contributed by atoms with Crippen LogP contribution in [0.5, 0.6) is 5.75 Å². The maximum atomic E-state index is 6.12. The first-order chi connectivity index (χ1) is 14.3. The summed E-state index contributed by atoms with van der Waals surface area (Å²) in [6.45, 7) is 1.12. The Morgan fingerprint density at radius 3 is 2.41 bits per heavy atom. The second-order valence-electron chi connectivity index (χ2n) is 7.03. The van der Waals surface area contributed by atoms with Gasteiger partial charge in [-0.25, -0.2) is 4.98 Å². The van der Waals surface area contributed by atoms with E-state index in [-0.39, 0.29) is 0 Å². The molecule has 0 radical (unpaired) electrons. The summed E-state index contributed by atoms with van der Waals surface area (Å²) in [4.78, 5) is 4.82. The highest BCUT2D eigenvalue weighted by molar-refractivity contribution is 6.30. The van der Waals surface area contributed by atoms with Crippen LogP contribution in [0, 0.1) is 0 Å². The molecule has 0 aliphatic carbocycles. The number of hydrogen-bond acceptors (Lipinski definition) is 2. The summed E-state index contributed by atoms with van der Waals surface area (Å²) in [5.74, 6) is 1.74. The summed E-state index contributed by atoms with van der Waals surface area (Å²) in [6.07, 6.45) is 0. The lowest BCUT2D eigenvalue weighted by Crippen LogP contribution is -2.08. The third-order valence-electron chi connectivity index (χ3n) is 5.08. The highest BCUT2D eigenvalue weighted by Gasteiger charge is 2.12. The Morgan fingerprint density at radius 1 is 0.793 bits per heavy atom. The quantitative estimate of drug-likeness (QED) is 0.339. The number of imidazole rings is 1. The van der Waals surface area contributed by atoms with E-state index in [4.69, 9.17) is 21.3 Å². The first kappa shape index (κ1) is 17.8. The standard InChI is InChI=1S/C25H19ClN2O/c26-21-12-9-18(10-13-21)16-28-24-8-4-3-7-23(24)27-25(28)17-29-22-14-11-19-5-1-2-6-20(19)15-22/h1-15H,16-17H2. The summed E-state index contributed by atoms with van der Waals surface area (Å²) < 4.78 is 8.33. The molecule has 0 saturated heterocycles. The lowest BCUT2D eigenvalue weighted by molar-refractivity contribution is 0.291. The van der Waals surface area contributed by atoms with Crippen molar-refractivity contribution in [2.45, 2.75) is 13.2 Å². The van der Waals surface area contributed by atoms with Crippen LogP contribution in [0.25, 0.3) is 21.8 Å². The number of hydrogen-bond donors (Lipinski definition) is 0. The summed E-state index contributed by atoms with van der Waals surface area (Å²) in [5, 5.41) is 3.11. The van der Waals surface area contributed by atoms with Crippen molar-refractivity contribution in [3.8, 4) is 5.75 Å². The normalized spacial score (nSPS) is 11.2. The molecule has 0 spiro atoms. The van der Waals surface area contributed by atoms with Crippen molar-refractivity contribution in [1.82, 2.24) is 9.55 Å². The van der Waals surface area contributed by atoms with Gasteiger partial charge in [0.25, 0.3) is 0 Å². The number of rotatable bonds is 5. The van der Waals surface area contributed by atoms with Gasteiger partial charge in [-0.3, -0.25) is 0 Å². The zero-order valence-corrected chi connectivity index (χ0v) is 16.5. The fourth-order valence-corrected chi connectivity index (χ4v) is 3.72. The monoisotopic (exact) mass is 398 g/mol. The Labute approximate surface area is 174 Å². The SMILES string of the molecule is Clc1ccc(Cn2c(COc3ccc4ccccc4c3)nc3ccccc32)cc1. The Morgan fingerprint density at radius 2 is 1.55 bits per heavy atom. The number of nitrogens with zero attached hydrogens (tertiary/aromatic N) is 2. The number of para-hydroxylation sites is 2. The average Bonchev–Trinajstić information content (AvgIpc) is 3.11. The summed E-state index contributed by atoms with van der Waals surface area (Å²) in [5.41, 5.74) is 3.24. The minimum absolute atomic E-state index is 0.403. The van der Waals surface area contributed by atoms with Crippen molar-refractivity contribution >= 4 is 33.4 Å². The van der Waals surface area contributed by atoms with Gasteiger partial charge in [0.2, 0.25) is 0 Å². The van der Waals surface area contributed by atoms with E-state index in [1.54, 1.807) is 0 Å². The number of fused-ring (bicyclic) bond motifs is 2. The third-order valence-corrected chi connectivity index (χ3v) is 5.33. The summed E-state index contributed by atoms with van der Waals surface area (Å²) in [7, 11) is 0. The molecule has 142 valence electrons. The number of ether oxygens (including phenoxy) is 1. The van der Waals surface area contributed by atoms with Gasteiger partial charge >= 0.3 is 0 Å². The molecule has 5 aromatic rings. The van der Waals surface area contributed by atoms with Crippen molar-refractivity contribution in [2.24, 2.45) is 0 Å². The minimum Gasteiger partial charge on any atom is -0.486 e. The molecule has 3 nitrogen and oxygen atoms in total. The molecule has 0 aliphatic heterocycles. The number of aromatic nitrogens is 2. The van der Waals surface area contributed by atoms with E-state index < -0.39 is 0 Å². The Balaban J connectivity index is 1.46. The molecular weight excluding hydrogens is 380 g/mol. The fraction of sp³-hybridized carbons (Fsp3) is 0.0800. The molecule has 1 heterocycles. The summed E-state index contributed by atoms with van der Waals surface area (Å²) >= 11 is 6.04. The Bertz CT molecular complexity index is 1290. The van der Waals surface area contributed by atoms with E-state index in [9.17, 15) is 0 Å². The van der Waals surface area contributed by atoms with Crippen LogP contribution in [0.1, 0.15) is 11.4 Å². The van der Waals surface area contributed by atoms with E-state index in [0.29, 0.717) is 13.2 Å². The maximum absolute atomic E-state index is 6.12. The van der Waals surface area contributed by atoms with Crippen LogP contribution in [-0.4, -0.2) is 9.55 Å². The fourth-order valence-electron chi connectivity index (χ4n) is 3.59. The van der Waals surface area contributed by atoms with Crippen molar-refractivity contribution in [3.05, 3.63) is 107 Å². The molecule has 4 aromatic carbocycles.